The van der Waals surface area contributed by atoms with E-state index in [0.717, 1.165) is 0 Å². The Balaban J connectivity index is 2.57. The minimum Gasteiger partial charge on any atom is -0.466 e. The fraction of sp³-hybridized carbons (Fsp3) is 0.368. The molecule has 1 aromatic rings. The molecular weight excluding hydrogens is 320 g/mol. The van der Waals surface area contributed by atoms with E-state index in [1.54, 1.807) is 37.3 Å². The fourth-order valence-corrected chi connectivity index (χ4v) is 3.11. The highest BCUT2D eigenvalue weighted by atomic mass is 16.5. The van der Waals surface area contributed by atoms with Crippen LogP contribution in [-0.4, -0.2) is 29.1 Å². The fourth-order valence-electron chi connectivity index (χ4n) is 3.11. The number of hydrogen-bond acceptors (Lipinski definition) is 6. The maximum absolute atomic E-state index is 12.9. The normalized spacial score (nSPS) is 21.3. The van der Waals surface area contributed by atoms with Gasteiger partial charge in [-0.1, -0.05) is 30.3 Å². The van der Waals surface area contributed by atoms with Crippen LogP contribution in [0.1, 0.15) is 37.0 Å². The summed E-state index contributed by atoms with van der Waals surface area (Å²) in [5.74, 6) is -1.07. The van der Waals surface area contributed by atoms with Crippen LogP contribution in [0.5, 0.6) is 0 Å². The number of nitrogens with zero attached hydrogens (tertiary/aromatic N) is 2. The summed E-state index contributed by atoms with van der Waals surface area (Å²) in [5.41, 5.74) is -3.32. The zero-order valence-corrected chi connectivity index (χ0v) is 14.1. The van der Waals surface area contributed by atoms with Crippen LogP contribution in [0.15, 0.2) is 41.5 Å². The maximum atomic E-state index is 12.9. The second-order valence-electron chi connectivity index (χ2n) is 6.03. The van der Waals surface area contributed by atoms with Crippen LogP contribution in [-0.2, 0) is 9.53 Å². The monoisotopic (exact) mass is 338 g/mol. The maximum Gasteiger partial charge on any atom is 0.309 e. The van der Waals surface area contributed by atoms with Gasteiger partial charge in [0.2, 0.25) is 0 Å². The number of ketones is 1. The minimum absolute atomic E-state index is 0.0742. The van der Waals surface area contributed by atoms with E-state index in [4.69, 9.17) is 4.74 Å². The Morgan fingerprint density at radius 2 is 1.84 bits per heavy atom. The van der Waals surface area contributed by atoms with Gasteiger partial charge in [-0.2, -0.15) is 10.5 Å². The molecule has 0 fully saturated rings. The molecular formula is C19H18N2O4. The zero-order valence-electron chi connectivity index (χ0n) is 14.1. The van der Waals surface area contributed by atoms with Gasteiger partial charge in [0.1, 0.15) is 5.60 Å². The Hall–Kier alpha value is -2.96. The zero-order chi connectivity index (χ0) is 18.7. The van der Waals surface area contributed by atoms with Gasteiger partial charge in [0.15, 0.2) is 11.2 Å². The molecule has 6 heteroatoms. The molecule has 1 aliphatic rings. The van der Waals surface area contributed by atoms with Crippen molar-refractivity contribution < 1.29 is 19.4 Å². The molecule has 0 saturated carbocycles. The SMILES string of the molecule is CCOC(=O)CC1=C(C(=O)c2ccccc2)C(C)(O)C(C#N)(C#N)C1. The molecule has 1 atom stereocenters. The molecule has 128 valence electrons. The lowest BCUT2D eigenvalue weighted by molar-refractivity contribution is -0.142. The van der Waals surface area contributed by atoms with E-state index >= 15 is 0 Å². The van der Waals surface area contributed by atoms with E-state index in [0.29, 0.717) is 5.56 Å². The molecule has 0 amide bonds. The smallest absolute Gasteiger partial charge is 0.309 e. The van der Waals surface area contributed by atoms with E-state index in [2.05, 4.69) is 0 Å². The first-order valence-electron chi connectivity index (χ1n) is 7.85. The lowest BCUT2D eigenvalue weighted by Gasteiger charge is -2.30. The summed E-state index contributed by atoms with van der Waals surface area (Å²) in [7, 11) is 0. The van der Waals surface area contributed by atoms with E-state index < -0.39 is 22.8 Å². The second kappa shape index (κ2) is 6.88. The number of hydrogen-bond donors (Lipinski definition) is 1. The van der Waals surface area contributed by atoms with Gasteiger partial charge in [0.05, 0.1) is 25.2 Å². The topological polar surface area (TPSA) is 111 Å². The Morgan fingerprint density at radius 1 is 1.24 bits per heavy atom. The quantitative estimate of drug-likeness (QED) is 0.651. The molecule has 0 aliphatic heterocycles. The second-order valence-corrected chi connectivity index (χ2v) is 6.03. The third kappa shape index (κ3) is 3.05. The summed E-state index contributed by atoms with van der Waals surface area (Å²) in [6.45, 7) is 3.10. The van der Waals surface area contributed by atoms with Crippen LogP contribution in [0.4, 0.5) is 0 Å². The average molecular weight is 338 g/mol. The van der Waals surface area contributed by atoms with Crippen LogP contribution in [0.25, 0.3) is 0 Å². The molecule has 1 aromatic carbocycles. The van der Waals surface area contributed by atoms with Crippen molar-refractivity contribution in [1.29, 1.82) is 10.5 Å². The Labute approximate surface area is 145 Å². The van der Waals surface area contributed by atoms with Crippen LogP contribution >= 0.6 is 0 Å². The number of nitriles is 2. The summed E-state index contributed by atoms with van der Waals surface area (Å²) >= 11 is 0. The number of Topliss-reactive ketones (excluding diaryl/α,β-unsaturated/α-hetero) is 1. The van der Waals surface area contributed by atoms with Crippen molar-refractivity contribution in [1.82, 2.24) is 0 Å². The third-order valence-electron chi connectivity index (χ3n) is 4.46. The molecule has 0 saturated heterocycles. The van der Waals surface area contributed by atoms with Crippen molar-refractivity contribution in [2.75, 3.05) is 6.61 Å². The van der Waals surface area contributed by atoms with Crippen LogP contribution < -0.4 is 0 Å². The highest BCUT2D eigenvalue weighted by molar-refractivity contribution is 6.11. The summed E-state index contributed by atoms with van der Waals surface area (Å²) in [4.78, 5) is 24.8. The van der Waals surface area contributed by atoms with Crippen LogP contribution in [0.3, 0.4) is 0 Å². The number of benzene rings is 1. The Morgan fingerprint density at radius 3 is 2.36 bits per heavy atom. The van der Waals surface area contributed by atoms with Crippen molar-refractivity contribution >= 4 is 11.8 Å². The largest absolute Gasteiger partial charge is 0.466 e. The number of esters is 1. The standard InChI is InChI=1S/C19H18N2O4/c1-3-25-15(22)9-14-10-19(11-20,12-21)18(2,24)16(14)17(23)13-7-5-4-6-8-13/h4-8,24H,3,9-10H2,1-2H3. The summed E-state index contributed by atoms with van der Waals surface area (Å²) < 4.78 is 4.91. The molecule has 1 N–H and O–H groups in total. The van der Waals surface area contributed by atoms with E-state index in [-0.39, 0.29) is 30.6 Å². The highest BCUT2D eigenvalue weighted by Gasteiger charge is 2.59. The molecule has 25 heavy (non-hydrogen) atoms. The minimum atomic E-state index is -1.99. The molecule has 2 rings (SSSR count). The Kier molecular flexibility index (Phi) is 5.06. The number of carbonyl (C=O) groups excluding carboxylic acids is 2. The van der Waals surface area contributed by atoms with Crippen LogP contribution in [0.2, 0.25) is 0 Å². The van der Waals surface area contributed by atoms with Crippen molar-refractivity contribution in [3.63, 3.8) is 0 Å². The van der Waals surface area contributed by atoms with Crippen LogP contribution in [0, 0.1) is 28.1 Å². The first-order chi connectivity index (χ1) is 11.8. The van der Waals surface area contributed by atoms with Crippen molar-refractivity contribution in [3.8, 4) is 12.1 Å². The lowest BCUT2D eigenvalue weighted by atomic mass is 9.73. The van der Waals surface area contributed by atoms with Gasteiger partial charge in [0.25, 0.3) is 0 Å². The first kappa shape index (κ1) is 18.4. The predicted octanol–water partition coefficient (Wildman–Crippen LogP) is 2.31. The molecule has 6 nitrogen and oxygen atoms in total. The van der Waals surface area contributed by atoms with Crippen molar-refractivity contribution in [3.05, 3.63) is 47.0 Å². The van der Waals surface area contributed by atoms with E-state index in [9.17, 15) is 25.2 Å². The van der Waals surface area contributed by atoms with Gasteiger partial charge in [-0.3, -0.25) is 9.59 Å². The summed E-state index contributed by atoms with van der Waals surface area (Å²) in [6, 6.07) is 11.9. The molecule has 1 aliphatic carbocycles. The number of rotatable bonds is 5. The molecule has 0 aromatic heterocycles. The number of carbonyl (C=O) groups is 2. The first-order valence-corrected chi connectivity index (χ1v) is 7.85. The molecule has 0 radical (unpaired) electrons. The van der Waals surface area contributed by atoms with Gasteiger partial charge in [-0.05, 0) is 19.4 Å². The number of aliphatic hydroxyl groups is 1. The van der Waals surface area contributed by atoms with Gasteiger partial charge >= 0.3 is 5.97 Å². The van der Waals surface area contributed by atoms with Crippen molar-refractivity contribution in [2.45, 2.75) is 32.3 Å². The Bertz CT molecular complexity index is 796. The van der Waals surface area contributed by atoms with Gasteiger partial charge < -0.3 is 9.84 Å². The van der Waals surface area contributed by atoms with E-state index in [1.165, 1.54) is 6.92 Å². The van der Waals surface area contributed by atoms with Gasteiger partial charge in [0, 0.05) is 17.6 Å². The molecule has 0 bridgehead atoms. The molecule has 0 heterocycles. The average Bonchev–Trinajstić information content (AvgIpc) is 2.81. The van der Waals surface area contributed by atoms with Crippen molar-refractivity contribution in [2.24, 2.45) is 5.41 Å². The predicted molar refractivity (Wildman–Crippen MR) is 87.9 cm³/mol. The number of ether oxygens (including phenoxy) is 1. The lowest BCUT2D eigenvalue weighted by Crippen LogP contribution is -2.43. The molecule has 0 spiro atoms. The third-order valence-corrected chi connectivity index (χ3v) is 4.46. The summed E-state index contributed by atoms with van der Waals surface area (Å²) in [5, 5.41) is 29.9. The van der Waals surface area contributed by atoms with E-state index in [1.807, 2.05) is 12.1 Å². The summed E-state index contributed by atoms with van der Waals surface area (Å²) in [6.07, 6.45) is -0.428. The van der Waals surface area contributed by atoms with Gasteiger partial charge in [-0.15, -0.1) is 0 Å². The highest BCUT2D eigenvalue weighted by Crippen LogP contribution is 2.51. The van der Waals surface area contributed by atoms with Gasteiger partial charge in [-0.25, -0.2) is 0 Å². The molecule has 1 unspecified atom stereocenters.